The lowest BCUT2D eigenvalue weighted by molar-refractivity contribution is -0.140. The fourth-order valence-corrected chi connectivity index (χ4v) is 1.61. The molecule has 14 heavy (non-hydrogen) atoms. The third-order valence-corrected chi connectivity index (χ3v) is 2.68. The van der Waals surface area contributed by atoms with Crippen molar-refractivity contribution in [3.05, 3.63) is 0 Å². The van der Waals surface area contributed by atoms with E-state index in [1.165, 1.54) is 18.9 Å². The molecule has 0 rings (SSSR count). The minimum Gasteiger partial charge on any atom is -0.480 e. The number of rotatable bonds is 7. The normalized spacial score (nSPS) is 12.1. The van der Waals surface area contributed by atoms with Crippen LogP contribution in [-0.4, -0.2) is 41.7 Å². The van der Waals surface area contributed by atoms with Gasteiger partial charge in [0, 0.05) is 12.2 Å². The molecular weight excluding hydrogens is 206 g/mol. The molecule has 1 atom stereocenters. The zero-order valence-electron chi connectivity index (χ0n) is 8.06. The van der Waals surface area contributed by atoms with Gasteiger partial charge in [-0.2, -0.15) is 11.8 Å². The Hall–Kier alpha value is -0.750. The number of carbonyl (C=O) groups is 2. The monoisotopic (exact) mass is 221 g/mol. The highest BCUT2D eigenvalue weighted by molar-refractivity contribution is 7.99. The molecule has 0 aromatic carbocycles. The summed E-state index contributed by atoms with van der Waals surface area (Å²) in [6.45, 7) is 0. The Labute approximate surface area is 87.0 Å². The zero-order valence-corrected chi connectivity index (χ0v) is 8.88. The van der Waals surface area contributed by atoms with Gasteiger partial charge >= 0.3 is 11.9 Å². The number of aliphatic carboxylic acids is 1. The SMILES string of the molecule is COC(=O)CCCSC[C@H](N)C(=O)O. The summed E-state index contributed by atoms with van der Waals surface area (Å²) in [5.74, 6) is -0.148. The summed E-state index contributed by atoms with van der Waals surface area (Å²) >= 11 is 1.43. The van der Waals surface area contributed by atoms with Gasteiger partial charge in [-0.1, -0.05) is 0 Å². The predicted molar refractivity (Wildman–Crippen MR) is 54.2 cm³/mol. The molecule has 0 aromatic heterocycles. The van der Waals surface area contributed by atoms with Gasteiger partial charge in [0.2, 0.25) is 0 Å². The van der Waals surface area contributed by atoms with Crippen molar-refractivity contribution in [2.45, 2.75) is 18.9 Å². The van der Waals surface area contributed by atoms with Crippen LogP contribution in [0.4, 0.5) is 0 Å². The molecule has 0 spiro atoms. The van der Waals surface area contributed by atoms with Crippen molar-refractivity contribution in [3.63, 3.8) is 0 Å². The van der Waals surface area contributed by atoms with E-state index in [1.807, 2.05) is 0 Å². The van der Waals surface area contributed by atoms with Gasteiger partial charge < -0.3 is 15.6 Å². The van der Waals surface area contributed by atoms with Gasteiger partial charge in [-0.25, -0.2) is 0 Å². The number of carbonyl (C=O) groups excluding carboxylic acids is 1. The van der Waals surface area contributed by atoms with Gasteiger partial charge in [0.05, 0.1) is 7.11 Å². The third-order valence-electron chi connectivity index (χ3n) is 1.51. The van der Waals surface area contributed by atoms with E-state index in [9.17, 15) is 9.59 Å². The average Bonchev–Trinajstić information content (AvgIpc) is 2.16. The molecule has 3 N–H and O–H groups in total. The van der Waals surface area contributed by atoms with E-state index in [-0.39, 0.29) is 5.97 Å². The Morgan fingerprint density at radius 3 is 2.71 bits per heavy atom. The van der Waals surface area contributed by atoms with Crippen molar-refractivity contribution in [2.75, 3.05) is 18.6 Å². The second kappa shape index (κ2) is 7.64. The highest BCUT2D eigenvalue weighted by Gasteiger charge is 2.10. The van der Waals surface area contributed by atoms with Crippen LogP contribution in [0.3, 0.4) is 0 Å². The van der Waals surface area contributed by atoms with Crippen LogP contribution in [0.1, 0.15) is 12.8 Å². The fraction of sp³-hybridized carbons (Fsp3) is 0.750. The van der Waals surface area contributed by atoms with Gasteiger partial charge in [-0.05, 0) is 12.2 Å². The van der Waals surface area contributed by atoms with E-state index in [1.54, 1.807) is 0 Å². The molecule has 5 nitrogen and oxygen atoms in total. The second-order valence-corrected chi connectivity index (χ2v) is 3.85. The van der Waals surface area contributed by atoms with E-state index in [0.717, 1.165) is 5.75 Å². The van der Waals surface area contributed by atoms with Crippen molar-refractivity contribution in [2.24, 2.45) is 5.73 Å². The number of methoxy groups -OCH3 is 1. The first kappa shape index (κ1) is 13.2. The minimum absolute atomic E-state index is 0.242. The Balaban J connectivity index is 3.30. The summed E-state index contributed by atoms with van der Waals surface area (Å²) in [5, 5.41) is 8.45. The molecule has 0 aromatic rings. The van der Waals surface area contributed by atoms with Gasteiger partial charge in [-0.3, -0.25) is 9.59 Å². The van der Waals surface area contributed by atoms with E-state index in [2.05, 4.69) is 4.74 Å². The predicted octanol–water partition coefficient (Wildman–Crippen LogP) is 0.0847. The van der Waals surface area contributed by atoms with E-state index < -0.39 is 12.0 Å². The van der Waals surface area contributed by atoms with Crippen LogP contribution in [0.5, 0.6) is 0 Å². The molecule has 0 saturated heterocycles. The zero-order chi connectivity index (χ0) is 11.0. The lowest BCUT2D eigenvalue weighted by Crippen LogP contribution is -2.32. The standard InChI is InChI=1S/C8H15NO4S/c1-13-7(10)3-2-4-14-5-6(9)8(11)12/h6H,2-5,9H2,1H3,(H,11,12)/t6-/m0/s1. The second-order valence-electron chi connectivity index (χ2n) is 2.70. The first-order chi connectivity index (χ1) is 6.57. The van der Waals surface area contributed by atoms with E-state index in [0.29, 0.717) is 18.6 Å². The molecular formula is C8H15NO4S. The molecule has 0 aliphatic rings. The van der Waals surface area contributed by atoms with Gasteiger partial charge in [0.1, 0.15) is 6.04 Å². The topological polar surface area (TPSA) is 89.6 Å². The van der Waals surface area contributed by atoms with Crippen LogP contribution in [0.15, 0.2) is 0 Å². The number of hydrogen-bond donors (Lipinski definition) is 2. The number of carboxylic acids is 1. The first-order valence-electron chi connectivity index (χ1n) is 4.21. The number of hydrogen-bond acceptors (Lipinski definition) is 5. The molecule has 82 valence electrons. The summed E-state index contributed by atoms with van der Waals surface area (Å²) < 4.78 is 4.45. The summed E-state index contributed by atoms with van der Waals surface area (Å²) in [5.41, 5.74) is 5.27. The van der Waals surface area contributed by atoms with Crippen LogP contribution in [0.25, 0.3) is 0 Å². The Morgan fingerprint density at radius 2 is 2.21 bits per heavy atom. The van der Waals surface area contributed by atoms with Gasteiger partial charge in [0.15, 0.2) is 0 Å². The fourth-order valence-electron chi connectivity index (χ4n) is 0.702. The van der Waals surface area contributed by atoms with E-state index >= 15 is 0 Å². The quantitative estimate of drug-likeness (QED) is 0.467. The van der Waals surface area contributed by atoms with Crippen LogP contribution >= 0.6 is 11.8 Å². The lowest BCUT2D eigenvalue weighted by atomic mass is 10.3. The number of nitrogens with two attached hydrogens (primary N) is 1. The van der Waals surface area contributed by atoms with Crippen molar-refractivity contribution in [1.82, 2.24) is 0 Å². The van der Waals surface area contributed by atoms with Crippen molar-refractivity contribution in [1.29, 1.82) is 0 Å². The maximum Gasteiger partial charge on any atom is 0.321 e. The Kier molecular flexibility index (Phi) is 7.23. The Bertz CT molecular complexity index is 198. The molecule has 0 radical (unpaired) electrons. The lowest BCUT2D eigenvalue weighted by Gasteiger charge is -2.05. The molecule has 0 bridgehead atoms. The smallest absolute Gasteiger partial charge is 0.321 e. The summed E-state index contributed by atoms with van der Waals surface area (Å²) in [6, 6.07) is -0.821. The maximum atomic E-state index is 10.7. The molecule has 0 aliphatic heterocycles. The molecule has 0 unspecified atom stereocenters. The summed E-state index contributed by atoms with van der Waals surface area (Å²) in [7, 11) is 1.34. The van der Waals surface area contributed by atoms with Crippen molar-refractivity contribution >= 4 is 23.7 Å². The molecule has 0 heterocycles. The molecule has 0 fully saturated rings. The number of thioether (sulfide) groups is 1. The Morgan fingerprint density at radius 1 is 1.57 bits per heavy atom. The molecule has 6 heteroatoms. The third kappa shape index (κ3) is 6.73. The van der Waals surface area contributed by atoms with Gasteiger partial charge in [-0.15, -0.1) is 0 Å². The van der Waals surface area contributed by atoms with E-state index in [4.69, 9.17) is 10.8 Å². The van der Waals surface area contributed by atoms with Crippen molar-refractivity contribution < 1.29 is 19.4 Å². The van der Waals surface area contributed by atoms with Crippen molar-refractivity contribution in [3.8, 4) is 0 Å². The molecule has 0 saturated carbocycles. The largest absolute Gasteiger partial charge is 0.480 e. The van der Waals surface area contributed by atoms with Crippen LogP contribution in [-0.2, 0) is 14.3 Å². The number of ether oxygens (including phenoxy) is 1. The average molecular weight is 221 g/mol. The van der Waals surface area contributed by atoms with Crippen LogP contribution in [0.2, 0.25) is 0 Å². The summed E-state index contributed by atoms with van der Waals surface area (Å²) in [6.07, 6.45) is 1.05. The highest BCUT2D eigenvalue weighted by Crippen LogP contribution is 2.06. The number of carboxylic acid groups (broad SMARTS) is 1. The first-order valence-corrected chi connectivity index (χ1v) is 5.36. The summed E-state index contributed by atoms with van der Waals surface area (Å²) in [4.78, 5) is 21.0. The number of esters is 1. The minimum atomic E-state index is -0.995. The van der Waals surface area contributed by atoms with Crippen LogP contribution in [0, 0.1) is 0 Å². The van der Waals surface area contributed by atoms with Gasteiger partial charge in [0.25, 0.3) is 0 Å². The highest BCUT2D eigenvalue weighted by atomic mass is 32.2. The molecule has 0 amide bonds. The molecule has 0 aliphatic carbocycles. The van der Waals surface area contributed by atoms with Crippen LogP contribution < -0.4 is 5.73 Å². The maximum absolute atomic E-state index is 10.7.